The van der Waals surface area contributed by atoms with E-state index in [4.69, 9.17) is 0 Å². The fraction of sp³-hybridized carbons (Fsp3) is 1.00. The van der Waals surface area contributed by atoms with Gasteiger partial charge in [0, 0.05) is 0 Å². The van der Waals surface area contributed by atoms with Crippen molar-refractivity contribution in [3.05, 3.63) is 0 Å². The molecule has 0 aromatic heterocycles. The van der Waals surface area contributed by atoms with Gasteiger partial charge in [0.1, 0.15) is 0 Å². The topological polar surface area (TPSA) is 83.1 Å². The van der Waals surface area contributed by atoms with Crippen molar-refractivity contribution in [1.82, 2.24) is 0 Å². The Labute approximate surface area is 117 Å². The maximum Gasteiger partial charge on any atom is 2.00 e. The van der Waals surface area contributed by atoms with Gasteiger partial charge in [-0.15, -0.1) is 0 Å². The first-order valence-corrected chi connectivity index (χ1v) is 5.11. The van der Waals surface area contributed by atoms with E-state index in [0.717, 1.165) is 0 Å². The first-order valence-electron chi connectivity index (χ1n) is 1.70. The van der Waals surface area contributed by atoms with Gasteiger partial charge in [0.25, 0.3) is 0 Å². The Hall–Kier alpha value is 2.62. The molecule has 0 aliphatic heterocycles. The van der Waals surface area contributed by atoms with Crippen LogP contribution >= 0.6 is 0 Å². The number of hydrogen-bond acceptors (Lipinski definition) is 3. The molecule has 9 heavy (non-hydrogen) atoms. The zero-order valence-electron chi connectivity index (χ0n) is 6.22. The van der Waals surface area contributed by atoms with Crippen LogP contribution in [0.2, 0.25) is 19.6 Å². The van der Waals surface area contributed by atoms with Crippen LogP contribution in [0.4, 0.5) is 0 Å². The molecule has 6 heteroatoms. The summed E-state index contributed by atoms with van der Waals surface area (Å²) in [4.78, 5) is 10.2. The summed E-state index contributed by atoms with van der Waals surface area (Å²) in [5, 5.41) is 0. The molecule has 0 aliphatic carbocycles. The smallest absolute Gasteiger partial charge is 0.870 e. The number of hydrogen-bond donors (Lipinski definition) is 0. The quantitative estimate of drug-likeness (QED) is 0.477. The minimum atomic E-state index is -1.86. The molecule has 0 fully saturated rings. The molecular weight excluding hydrogens is 192 g/mol. The molecule has 0 amide bonds. The summed E-state index contributed by atoms with van der Waals surface area (Å²) in [5.41, 5.74) is 0. The molecule has 0 unspecified atom stereocenters. The number of rotatable bonds is 0. The molecule has 0 aliphatic rings. The molecule has 0 heterocycles. The van der Waals surface area contributed by atoms with Crippen LogP contribution in [0.5, 0.6) is 0 Å². The van der Waals surface area contributed by atoms with Crippen LogP contribution in [0.25, 0.3) is 0 Å². The molecule has 0 radical (unpaired) electrons. The Morgan fingerprint density at radius 1 is 0.889 bits per heavy atom. The molecule has 2 N–H and O–H groups in total. The van der Waals surface area contributed by atoms with E-state index in [-0.39, 0.29) is 86.4 Å². The van der Waals surface area contributed by atoms with E-state index in [9.17, 15) is 4.80 Å². The van der Waals surface area contributed by atoms with Crippen molar-refractivity contribution >= 4 is 83.8 Å². The minimum Gasteiger partial charge on any atom is -0.870 e. The third-order valence-corrected chi connectivity index (χ3v) is 0. The van der Waals surface area contributed by atoms with E-state index >= 15 is 0 Å². The van der Waals surface area contributed by atoms with Crippen molar-refractivity contribution in [3.63, 3.8) is 0 Å². The normalized spacial score (nSPS) is 6.67. The van der Waals surface area contributed by atoms with Gasteiger partial charge in [0.05, 0.1) is 0 Å². The van der Waals surface area contributed by atoms with Crippen molar-refractivity contribution in [2.45, 2.75) is 19.6 Å². The molecule has 0 rings (SSSR count). The van der Waals surface area contributed by atoms with Crippen LogP contribution in [0.15, 0.2) is 0 Å². The van der Waals surface area contributed by atoms with Crippen LogP contribution in [0.3, 0.4) is 0 Å². The summed E-state index contributed by atoms with van der Waals surface area (Å²) in [6.45, 7) is 5.31. The van der Waals surface area contributed by atoms with Gasteiger partial charge in [-0.1, -0.05) is 28.0 Å². The summed E-state index contributed by atoms with van der Waals surface area (Å²) in [6, 6.07) is 0. The van der Waals surface area contributed by atoms with Gasteiger partial charge >= 0.3 is 75.5 Å². The Kier molecular flexibility index (Phi) is 43.9. The maximum atomic E-state index is 10.2. The molecule has 48 valence electrons. The van der Waals surface area contributed by atoms with Crippen LogP contribution in [-0.2, 0) is 0 Å². The standard InChI is InChI=1S/C3H9OSi.2Ca.2H2O/c1-5(2,3)4;;;;/h1-3H3;;;2*1H2/q-1;2*+2;;/p-2. The average molecular weight is 203 g/mol. The fourth-order valence-electron chi connectivity index (χ4n) is 0. The monoisotopic (exact) mass is 203 g/mol. The summed E-state index contributed by atoms with van der Waals surface area (Å²) in [7, 11) is -1.86. The van der Waals surface area contributed by atoms with E-state index in [1.807, 2.05) is 0 Å². The maximum absolute atomic E-state index is 10.2. The van der Waals surface area contributed by atoms with E-state index in [1.54, 1.807) is 19.6 Å². The van der Waals surface area contributed by atoms with E-state index in [0.29, 0.717) is 0 Å². The zero-order chi connectivity index (χ0) is 4.50. The van der Waals surface area contributed by atoms with Gasteiger partial charge in [-0.3, -0.25) is 0 Å². The van der Waals surface area contributed by atoms with Gasteiger partial charge in [-0.05, 0) is 0 Å². The molecule has 0 aromatic rings. The van der Waals surface area contributed by atoms with Gasteiger partial charge in [-0.25, -0.2) is 0 Å². The van der Waals surface area contributed by atoms with Gasteiger partial charge in [0.2, 0.25) is 0 Å². The van der Waals surface area contributed by atoms with E-state index in [2.05, 4.69) is 0 Å². The minimum absolute atomic E-state index is 0. The van der Waals surface area contributed by atoms with Crippen molar-refractivity contribution in [1.29, 1.82) is 0 Å². The molecular formula is C3H11Ca2O3Si+. The van der Waals surface area contributed by atoms with Crippen molar-refractivity contribution in [3.8, 4) is 0 Å². The Morgan fingerprint density at radius 2 is 0.889 bits per heavy atom. The third-order valence-electron chi connectivity index (χ3n) is 0. The molecule has 0 saturated carbocycles. The largest absolute Gasteiger partial charge is 2.00 e. The van der Waals surface area contributed by atoms with Crippen LogP contribution < -0.4 is 4.80 Å². The Balaban J connectivity index is -0.0000000133. The summed E-state index contributed by atoms with van der Waals surface area (Å²) in [6.07, 6.45) is 0. The molecule has 0 spiro atoms. The SMILES string of the molecule is C[Si](C)(C)[O-].[Ca+2].[Ca+2].[OH-].[OH-]. The van der Waals surface area contributed by atoms with Crippen LogP contribution in [0, 0.1) is 0 Å². The summed E-state index contributed by atoms with van der Waals surface area (Å²) < 4.78 is 0. The van der Waals surface area contributed by atoms with E-state index in [1.165, 1.54) is 0 Å². The summed E-state index contributed by atoms with van der Waals surface area (Å²) in [5.74, 6) is 0. The molecule has 0 aromatic carbocycles. The predicted molar refractivity (Wildman–Crippen MR) is 38.7 cm³/mol. The Morgan fingerprint density at radius 3 is 0.889 bits per heavy atom. The Bertz CT molecular complexity index is 32.5. The molecule has 0 atom stereocenters. The van der Waals surface area contributed by atoms with Crippen LogP contribution in [-0.4, -0.2) is 94.7 Å². The fourth-order valence-corrected chi connectivity index (χ4v) is 0. The molecule has 0 saturated heterocycles. The first kappa shape index (κ1) is 29.9. The molecule has 3 nitrogen and oxygen atoms in total. The van der Waals surface area contributed by atoms with Gasteiger partial charge in [-0.2, -0.15) is 0 Å². The van der Waals surface area contributed by atoms with Crippen molar-refractivity contribution in [2.75, 3.05) is 0 Å². The second kappa shape index (κ2) is 13.2. The zero-order valence-corrected chi connectivity index (χ0v) is 11.6. The summed E-state index contributed by atoms with van der Waals surface area (Å²) >= 11 is 0. The van der Waals surface area contributed by atoms with Crippen molar-refractivity contribution < 1.29 is 15.7 Å². The van der Waals surface area contributed by atoms with Crippen molar-refractivity contribution in [2.24, 2.45) is 0 Å². The van der Waals surface area contributed by atoms with Gasteiger partial charge in [0.15, 0.2) is 0 Å². The third kappa shape index (κ3) is 115. The van der Waals surface area contributed by atoms with E-state index < -0.39 is 8.32 Å². The predicted octanol–water partition coefficient (Wildman–Crippen LogP) is -0.934. The van der Waals surface area contributed by atoms with Gasteiger partial charge < -0.3 is 15.7 Å². The second-order valence-corrected chi connectivity index (χ2v) is 6.34. The second-order valence-electron chi connectivity index (χ2n) is 2.11. The van der Waals surface area contributed by atoms with Crippen LogP contribution in [0.1, 0.15) is 0 Å². The first-order chi connectivity index (χ1) is 2.00. The molecule has 0 bridgehead atoms. The average Bonchev–Trinajstić information content (AvgIpc) is 0.722.